The maximum absolute atomic E-state index is 13.4. The summed E-state index contributed by atoms with van der Waals surface area (Å²) >= 11 is 0. The number of piperazine rings is 1. The average Bonchev–Trinajstić information content (AvgIpc) is 3.37. The highest BCUT2D eigenvalue weighted by atomic mass is 16.2. The molecule has 3 aromatic heterocycles. The van der Waals surface area contributed by atoms with E-state index in [0.717, 1.165) is 23.9 Å². The van der Waals surface area contributed by atoms with E-state index in [2.05, 4.69) is 40.0 Å². The Labute approximate surface area is 204 Å². The number of benzene rings is 1. The highest BCUT2D eigenvalue weighted by Gasteiger charge is 2.36. The van der Waals surface area contributed by atoms with E-state index >= 15 is 0 Å². The van der Waals surface area contributed by atoms with E-state index < -0.39 is 0 Å². The van der Waals surface area contributed by atoms with Crippen molar-refractivity contribution in [3.05, 3.63) is 59.5 Å². The van der Waals surface area contributed by atoms with Crippen LogP contribution in [-0.2, 0) is 11.2 Å². The Morgan fingerprint density at radius 2 is 1.83 bits per heavy atom. The molecule has 9 heteroatoms. The van der Waals surface area contributed by atoms with E-state index in [1.54, 1.807) is 16.8 Å². The molecule has 2 atom stereocenters. The molecule has 0 aliphatic carbocycles. The number of nitriles is 1. The van der Waals surface area contributed by atoms with Crippen LogP contribution < -0.4 is 4.90 Å². The van der Waals surface area contributed by atoms with Crippen molar-refractivity contribution >= 4 is 28.5 Å². The molecule has 178 valence electrons. The zero-order valence-electron chi connectivity index (χ0n) is 20.2. The number of hydrogen-bond donors (Lipinski definition) is 0. The van der Waals surface area contributed by atoms with Gasteiger partial charge in [-0.05, 0) is 37.5 Å². The van der Waals surface area contributed by atoms with Crippen molar-refractivity contribution in [2.24, 2.45) is 0 Å². The molecule has 0 radical (unpaired) electrons. The van der Waals surface area contributed by atoms with Gasteiger partial charge in [-0.15, -0.1) is 10.2 Å². The first-order valence-electron chi connectivity index (χ1n) is 12.0. The molecular formula is C26H28N8O. The Balaban J connectivity index is 1.51. The van der Waals surface area contributed by atoms with E-state index in [-0.39, 0.29) is 18.0 Å². The van der Waals surface area contributed by atoms with Crippen LogP contribution in [0.5, 0.6) is 0 Å². The van der Waals surface area contributed by atoms with Crippen LogP contribution in [0.15, 0.2) is 42.7 Å². The number of aryl methyl sites for hydroxylation is 1. The predicted octanol–water partition coefficient (Wildman–Crippen LogP) is 3.30. The first-order chi connectivity index (χ1) is 17.0. The number of hydrogen-bond acceptors (Lipinski definition) is 7. The van der Waals surface area contributed by atoms with Gasteiger partial charge in [0.25, 0.3) is 5.78 Å². The van der Waals surface area contributed by atoms with Gasteiger partial charge < -0.3 is 9.80 Å². The number of carbonyl (C=O) groups is 1. The molecule has 4 aromatic rings. The summed E-state index contributed by atoms with van der Waals surface area (Å²) in [5.74, 6) is 1.32. The first-order valence-corrected chi connectivity index (χ1v) is 12.0. The van der Waals surface area contributed by atoms with Crippen LogP contribution in [0.1, 0.15) is 43.5 Å². The average molecular weight is 469 g/mol. The van der Waals surface area contributed by atoms with Crippen LogP contribution in [0.3, 0.4) is 0 Å². The maximum Gasteiger partial charge on any atom is 0.257 e. The van der Waals surface area contributed by atoms with Gasteiger partial charge in [-0.2, -0.15) is 10.2 Å². The molecule has 0 bridgehead atoms. The molecular weight excluding hydrogens is 440 g/mol. The number of amides is 1. The normalized spacial score (nSPS) is 18.2. The Kier molecular flexibility index (Phi) is 6.03. The Bertz CT molecular complexity index is 1420. The third-order valence-corrected chi connectivity index (χ3v) is 6.90. The van der Waals surface area contributed by atoms with Gasteiger partial charge >= 0.3 is 0 Å². The summed E-state index contributed by atoms with van der Waals surface area (Å²) in [5.41, 5.74) is 3.99. The summed E-state index contributed by atoms with van der Waals surface area (Å²) in [5, 5.41) is 17.6. The fraction of sp³-hybridized carbons (Fsp3) is 0.385. The summed E-state index contributed by atoms with van der Waals surface area (Å²) in [6.45, 7) is 7.53. The number of pyridine rings is 1. The molecule has 1 aromatic carbocycles. The SMILES string of the molecule is CC[C@@H]1CN(c2nc3nncn3c3ccc(C#N)nc23)[C@@H](CC)CN1C(=O)Cc1ccc(C)cc1. The molecule has 0 N–H and O–H groups in total. The Hall–Kier alpha value is -4.06. The zero-order valence-corrected chi connectivity index (χ0v) is 20.2. The summed E-state index contributed by atoms with van der Waals surface area (Å²) in [6.07, 6.45) is 3.67. The van der Waals surface area contributed by atoms with Crippen molar-refractivity contribution in [3.8, 4) is 6.07 Å². The molecule has 5 rings (SSSR count). The minimum atomic E-state index is 0.0424. The summed E-state index contributed by atoms with van der Waals surface area (Å²) in [4.78, 5) is 27.1. The van der Waals surface area contributed by atoms with Crippen molar-refractivity contribution in [1.29, 1.82) is 5.26 Å². The molecule has 4 heterocycles. The Morgan fingerprint density at radius 3 is 2.54 bits per heavy atom. The number of nitrogens with zero attached hydrogens (tertiary/aromatic N) is 8. The van der Waals surface area contributed by atoms with Crippen molar-refractivity contribution < 1.29 is 4.79 Å². The van der Waals surface area contributed by atoms with E-state index in [1.165, 1.54) is 5.56 Å². The van der Waals surface area contributed by atoms with E-state index in [4.69, 9.17) is 4.98 Å². The number of aromatic nitrogens is 5. The minimum Gasteiger partial charge on any atom is -0.348 e. The molecule has 0 spiro atoms. The lowest BCUT2D eigenvalue weighted by atomic mass is 10.0. The van der Waals surface area contributed by atoms with Gasteiger partial charge in [0, 0.05) is 25.2 Å². The smallest absolute Gasteiger partial charge is 0.257 e. The van der Waals surface area contributed by atoms with Crippen LogP contribution >= 0.6 is 0 Å². The van der Waals surface area contributed by atoms with Gasteiger partial charge in [0.1, 0.15) is 23.6 Å². The maximum atomic E-state index is 13.4. The predicted molar refractivity (Wildman–Crippen MR) is 133 cm³/mol. The van der Waals surface area contributed by atoms with Crippen molar-refractivity contribution in [1.82, 2.24) is 29.5 Å². The second kappa shape index (κ2) is 9.29. The molecule has 0 unspecified atom stereocenters. The van der Waals surface area contributed by atoms with Gasteiger partial charge in [-0.1, -0.05) is 43.7 Å². The second-order valence-electron chi connectivity index (χ2n) is 9.10. The monoisotopic (exact) mass is 468 g/mol. The fourth-order valence-electron chi connectivity index (χ4n) is 4.89. The molecule has 35 heavy (non-hydrogen) atoms. The van der Waals surface area contributed by atoms with Gasteiger partial charge in [0.05, 0.1) is 11.9 Å². The largest absolute Gasteiger partial charge is 0.348 e. The molecule has 1 aliphatic rings. The third-order valence-electron chi connectivity index (χ3n) is 6.90. The van der Waals surface area contributed by atoms with Gasteiger partial charge in [-0.3, -0.25) is 9.20 Å². The second-order valence-corrected chi connectivity index (χ2v) is 9.10. The van der Waals surface area contributed by atoms with Gasteiger partial charge in [0.2, 0.25) is 5.91 Å². The molecule has 0 saturated carbocycles. The standard InChI is InChI=1S/C26H28N8O/c1-4-20-15-33(21(5-2)14-32(20)23(35)12-18-8-6-17(3)7-9-18)25-24-22(11-10-19(13-27)29-24)34-16-28-31-26(34)30-25/h6-11,16,20-21H,4-5,12,14-15H2,1-3H3/t20-,21+/m1/s1. The van der Waals surface area contributed by atoms with Gasteiger partial charge in [0.15, 0.2) is 5.82 Å². The van der Waals surface area contributed by atoms with Crippen LogP contribution in [0.2, 0.25) is 0 Å². The summed E-state index contributed by atoms with van der Waals surface area (Å²) in [7, 11) is 0. The third kappa shape index (κ3) is 4.16. The Morgan fingerprint density at radius 1 is 1.06 bits per heavy atom. The van der Waals surface area contributed by atoms with Crippen molar-refractivity contribution in [2.75, 3.05) is 18.0 Å². The summed E-state index contributed by atoms with van der Waals surface area (Å²) in [6, 6.07) is 14.0. The molecule has 9 nitrogen and oxygen atoms in total. The highest BCUT2D eigenvalue weighted by Crippen LogP contribution is 2.31. The lowest BCUT2D eigenvalue weighted by molar-refractivity contribution is -0.134. The molecule has 1 saturated heterocycles. The van der Waals surface area contributed by atoms with Crippen molar-refractivity contribution in [3.63, 3.8) is 0 Å². The van der Waals surface area contributed by atoms with E-state index in [1.807, 2.05) is 42.2 Å². The lowest BCUT2D eigenvalue weighted by Crippen LogP contribution is -2.60. The molecule has 1 fully saturated rings. The molecule has 1 amide bonds. The zero-order chi connectivity index (χ0) is 24.5. The minimum absolute atomic E-state index is 0.0424. The van der Waals surface area contributed by atoms with Crippen LogP contribution in [0.25, 0.3) is 16.8 Å². The highest BCUT2D eigenvalue weighted by molar-refractivity contribution is 5.89. The number of fused-ring (bicyclic) bond motifs is 3. The quantitative estimate of drug-likeness (QED) is 0.443. The number of rotatable bonds is 5. The number of carbonyl (C=O) groups excluding carboxylic acids is 1. The number of anilines is 1. The van der Waals surface area contributed by atoms with E-state index in [9.17, 15) is 10.1 Å². The fourth-order valence-corrected chi connectivity index (χ4v) is 4.89. The van der Waals surface area contributed by atoms with Crippen LogP contribution in [0.4, 0.5) is 5.82 Å². The van der Waals surface area contributed by atoms with Crippen molar-refractivity contribution in [2.45, 2.75) is 52.1 Å². The van der Waals surface area contributed by atoms with E-state index in [0.29, 0.717) is 42.3 Å². The lowest BCUT2D eigenvalue weighted by Gasteiger charge is -2.47. The first kappa shape index (κ1) is 22.7. The van der Waals surface area contributed by atoms with Gasteiger partial charge in [-0.25, -0.2) is 4.98 Å². The summed E-state index contributed by atoms with van der Waals surface area (Å²) < 4.78 is 1.78. The molecule has 1 aliphatic heterocycles. The topological polar surface area (TPSA) is 103 Å². The van der Waals surface area contributed by atoms with Crippen LogP contribution in [-0.4, -0.2) is 60.5 Å². The van der Waals surface area contributed by atoms with Crippen LogP contribution in [0, 0.1) is 18.3 Å².